The Balaban J connectivity index is 1.88. The molecule has 3 aromatic carbocycles. The number of hydrogen-bond donors (Lipinski definition) is 2. The van der Waals surface area contributed by atoms with Crippen LogP contribution < -0.4 is 11.1 Å². The van der Waals surface area contributed by atoms with Crippen LogP contribution in [0.1, 0.15) is 26.4 Å². The molecule has 0 bridgehead atoms. The molecule has 0 saturated carbocycles. The molecule has 0 fully saturated rings. The maximum absolute atomic E-state index is 13.5. The molecule has 168 valence electrons. The summed E-state index contributed by atoms with van der Waals surface area (Å²) in [6.07, 6.45) is 0. The number of nitrogen functional groups attached to an aromatic ring is 1. The molecule has 0 amide bonds. The van der Waals surface area contributed by atoms with Crippen molar-refractivity contribution in [2.45, 2.75) is 23.6 Å². The molecule has 0 spiro atoms. The quantitative estimate of drug-likeness (QED) is 0.336. The van der Waals surface area contributed by atoms with Gasteiger partial charge < -0.3 is 11.1 Å². The van der Waals surface area contributed by atoms with E-state index >= 15 is 0 Å². The average Bonchev–Trinajstić information content (AvgIpc) is 3.13. The Morgan fingerprint density at radius 3 is 2.24 bits per heavy atom. The molecule has 1 aromatic heterocycles. The lowest BCUT2D eigenvalue weighted by molar-refractivity contribution is 0.104. The summed E-state index contributed by atoms with van der Waals surface area (Å²) in [5, 5.41) is 3.38. The SMILES string of the molecule is Cc1ccc(Nc2sc(C(=O)c3ccc(F)cc3)c(N)c2S(=O)(=O)c2ccccc2)cc1C. The Morgan fingerprint density at radius 1 is 0.939 bits per heavy atom. The van der Waals surface area contributed by atoms with Crippen LogP contribution >= 0.6 is 11.3 Å². The number of rotatable bonds is 6. The lowest BCUT2D eigenvalue weighted by atomic mass is 10.1. The Labute approximate surface area is 195 Å². The van der Waals surface area contributed by atoms with Crippen LogP contribution in [0, 0.1) is 19.7 Å². The summed E-state index contributed by atoms with van der Waals surface area (Å²) in [7, 11) is -4.03. The Hall–Kier alpha value is -3.49. The molecule has 0 aliphatic heterocycles. The van der Waals surface area contributed by atoms with E-state index in [1.807, 2.05) is 32.0 Å². The average molecular weight is 481 g/mol. The third-order valence-electron chi connectivity index (χ3n) is 5.30. The second kappa shape index (κ2) is 8.80. The number of carbonyl (C=O) groups is 1. The van der Waals surface area contributed by atoms with Gasteiger partial charge in [0.15, 0.2) is 0 Å². The number of ketones is 1. The molecule has 8 heteroatoms. The fraction of sp³-hybridized carbons (Fsp3) is 0.0800. The molecule has 4 aromatic rings. The summed E-state index contributed by atoms with van der Waals surface area (Å²) in [6.45, 7) is 3.93. The van der Waals surface area contributed by atoms with E-state index in [9.17, 15) is 17.6 Å². The molecule has 0 aliphatic carbocycles. The molecule has 5 nitrogen and oxygen atoms in total. The Bertz CT molecular complexity index is 1450. The minimum atomic E-state index is -4.03. The van der Waals surface area contributed by atoms with Crippen molar-refractivity contribution in [3.05, 3.63) is 100 Å². The molecule has 3 N–H and O–H groups in total. The summed E-state index contributed by atoms with van der Waals surface area (Å²) in [4.78, 5) is 13.1. The fourth-order valence-corrected chi connectivity index (χ4v) is 6.30. The van der Waals surface area contributed by atoms with E-state index in [1.165, 1.54) is 36.4 Å². The van der Waals surface area contributed by atoms with Gasteiger partial charge in [-0.15, -0.1) is 11.3 Å². The number of hydrogen-bond acceptors (Lipinski definition) is 6. The van der Waals surface area contributed by atoms with Crippen molar-refractivity contribution in [2.24, 2.45) is 0 Å². The van der Waals surface area contributed by atoms with Crippen molar-refractivity contribution in [1.29, 1.82) is 0 Å². The van der Waals surface area contributed by atoms with Gasteiger partial charge in [0.25, 0.3) is 0 Å². The second-order valence-corrected chi connectivity index (χ2v) is 10.5. The maximum Gasteiger partial charge on any atom is 0.211 e. The molecule has 4 rings (SSSR count). The van der Waals surface area contributed by atoms with Crippen molar-refractivity contribution in [3.8, 4) is 0 Å². The van der Waals surface area contributed by atoms with E-state index in [4.69, 9.17) is 5.73 Å². The van der Waals surface area contributed by atoms with Gasteiger partial charge in [0, 0.05) is 11.3 Å². The predicted octanol–water partition coefficient (Wildman–Crippen LogP) is 5.89. The Morgan fingerprint density at radius 2 is 1.61 bits per heavy atom. The van der Waals surface area contributed by atoms with Gasteiger partial charge in [-0.3, -0.25) is 4.79 Å². The highest BCUT2D eigenvalue weighted by Crippen LogP contribution is 2.44. The fourth-order valence-electron chi connectivity index (χ4n) is 3.35. The lowest BCUT2D eigenvalue weighted by Gasteiger charge is -2.11. The summed E-state index contributed by atoms with van der Waals surface area (Å²) < 4.78 is 40.4. The number of nitrogens with two attached hydrogens (primary N) is 1. The molecule has 1 heterocycles. The number of halogens is 1. The highest BCUT2D eigenvalue weighted by molar-refractivity contribution is 7.92. The highest BCUT2D eigenvalue weighted by atomic mass is 32.2. The van der Waals surface area contributed by atoms with Crippen molar-refractivity contribution in [1.82, 2.24) is 0 Å². The minimum absolute atomic E-state index is 0.0680. The van der Waals surface area contributed by atoms with E-state index in [0.717, 1.165) is 22.5 Å². The first kappa shape index (κ1) is 22.7. The zero-order valence-electron chi connectivity index (χ0n) is 17.9. The van der Waals surface area contributed by atoms with Gasteiger partial charge in [-0.1, -0.05) is 24.3 Å². The molecule has 33 heavy (non-hydrogen) atoms. The van der Waals surface area contributed by atoms with Crippen molar-refractivity contribution < 1.29 is 17.6 Å². The van der Waals surface area contributed by atoms with Crippen molar-refractivity contribution in [3.63, 3.8) is 0 Å². The van der Waals surface area contributed by atoms with Crippen LogP contribution in [0.5, 0.6) is 0 Å². The van der Waals surface area contributed by atoms with E-state index < -0.39 is 21.4 Å². The first-order valence-electron chi connectivity index (χ1n) is 10.1. The third kappa shape index (κ3) is 4.40. The predicted molar refractivity (Wildman–Crippen MR) is 130 cm³/mol. The molecule has 0 saturated heterocycles. The van der Waals surface area contributed by atoms with Crippen LogP contribution in [-0.4, -0.2) is 14.2 Å². The lowest BCUT2D eigenvalue weighted by Crippen LogP contribution is -2.08. The monoisotopic (exact) mass is 480 g/mol. The van der Waals surface area contributed by atoms with Crippen LogP contribution in [-0.2, 0) is 9.84 Å². The van der Waals surface area contributed by atoms with E-state index in [2.05, 4.69) is 5.32 Å². The summed E-state index contributed by atoms with van der Waals surface area (Å²) in [6, 6.07) is 18.6. The number of thiophene rings is 1. The number of carbonyl (C=O) groups excluding carboxylic acids is 1. The van der Waals surface area contributed by atoms with Gasteiger partial charge in [-0.2, -0.15) is 0 Å². The first-order valence-corrected chi connectivity index (χ1v) is 12.4. The van der Waals surface area contributed by atoms with Gasteiger partial charge in [-0.25, -0.2) is 12.8 Å². The topological polar surface area (TPSA) is 89.3 Å². The first-order chi connectivity index (χ1) is 15.7. The zero-order valence-corrected chi connectivity index (χ0v) is 19.6. The number of nitrogens with one attached hydrogen (secondary N) is 1. The molecular formula is C25H21FN2O3S2. The standard InChI is InChI=1S/C25H21FN2O3S2/c1-15-8-13-19(14-16(15)2)28-25-24(33(30,31)20-6-4-3-5-7-20)21(27)23(32-25)22(29)17-9-11-18(26)12-10-17/h3-14,28H,27H2,1-2H3. The largest absolute Gasteiger partial charge is 0.396 e. The van der Waals surface area contributed by atoms with Crippen LogP contribution in [0.25, 0.3) is 0 Å². The number of anilines is 3. The van der Waals surface area contributed by atoms with Crippen molar-refractivity contribution in [2.75, 3.05) is 11.1 Å². The molecular weight excluding hydrogens is 459 g/mol. The smallest absolute Gasteiger partial charge is 0.211 e. The van der Waals surface area contributed by atoms with Gasteiger partial charge in [0.1, 0.15) is 20.6 Å². The van der Waals surface area contributed by atoms with Crippen LogP contribution in [0.4, 0.5) is 20.8 Å². The highest BCUT2D eigenvalue weighted by Gasteiger charge is 2.31. The van der Waals surface area contributed by atoms with E-state index in [1.54, 1.807) is 18.2 Å². The molecule has 0 aliphatic rings. The minimum Gasteiger partial charge on any atom is -0.396 e. The van der Waals surface area contributed by atoms with Crippen LogP contribution in [0.3, 0.4) is 0 Å². The van der Waals surface area contributed by atoms with Gasteiger partial charge in [0.05, 0.1) is 10.6 Å². The number of benzene rings is 3. The molecule has 0 atom stereocenters. The second-order valence-electron chi connectivity index (χ2n) is 7.58. The van der Waals surface area contributed by atoms with Gasteiger partial charge in [0.2, 0.25) is 15.6 Å². The Kier molecular flexibility index (Phi) is 6.05. The third-order valence-corrected chi connectivity index (χ3v) is 8.40. The van der Waals surface area contributed by atoms with Crippen LogP contribution in [0.15, 0.2) is 82.6 Å². The number of sulfone groups is 1. The number of aryl methyl sites for hydroxylation is 2. The zero-order chi connectivity index (χ0) is 23.8. The van der Waals surface area contributed by atoms with Crippen LogP contribution in [0.2, 0.25) is 0 Å². The summed E-state index contributed by atoms with van der Waals surface area (Å²) in [5.41, 5.74) is 9.17. The van der Waals surface area contributed by atoms with Gasteiger partial charge >= 0.3 is 0 Å². The van der Waals surface area contributed by atoms with Gasteiger partial charge in [-0.05, 0) is 73.5 Å². The maximum atomic E-state index is 13.5. The molecule has 0 unspecified atom stereocenters. The van der Waals surface area contributed by atoms with E-state index in [-0.39, 0.29) is 30.9 Å². The molecule has 0 radical (unpaired) electrons. The summed E-state index contributed by atoms with van der Waals surface area (Å²) >= 11 is 0.961. The normalized spacial score (nSPS) is 11.4. The van der Waals surface area contributed by atoms with E-state index in [0.29, 0.717) is 5.69 Å². The summed E-state index contributed by atoms with van der Waals surface area (Å²) in [5.74, 6) is -0.953. The van der Waals surface area contributed by atoms with Crippen molar-refractivity contribution >= 4 is 43.3 Å².